The molecule has 1 atom stereocenters. The van der Waals surface area contributed by atoms with E-state index < -0.39 is 6.10 Å². The lowest BCUT2D eigenvalue weighted by Crippen LogP contribution is -2.24. The molecule has 0 radical (unpaired) electrons. The summed E-state index contributed by atoms with van der Waals surface area (Å²) in [4.78, 5) is 0. The van der Waals surface area contributed by atoms with Gasteiger partial charge in [-0.2, -0.15) is 0 Å². The molecular weight excluding hydrogens is 322 g/mol. The average Bonchev–Trinajstić information content (AvgIpc) is 3.31. The van der Waals surface area contributed by atoms with Crippen LogP contribution in [-0.2, 0) is 6.54 Å². The number of aliphatic hydroxyl groups is 1. The maximum Gasteiger partial charge on any atom is 0.247 e. The van der Waals surface area contributed by atoms with E-state index in [0.29, 0.717) is 18.2 Å². The van der Waals surface area contributed by atoms with Gasteiger partial charge in [-0.1, -0.05) is 17.3 Å². The number of benzene rings is 2. The molecule has 4 rings (SSSR count). The van der Waals surface area contributed by atoms with E-state index in [-0.39, 0.29) is 6.61 Å². The lowest BCUT2D eigenvalue weighted by Gasteiger charge is -2.12. The summed E-state index contributed by atoms with van der Waals surface area (Å²) in [5.74, 6) is 1.09. The molecule has 0 aliphatic heterocycles. The quantitative estimate of drug-likeness (QED) is 0.574. The van der Waals surface area contributed by atoms with Crippen molar-refractivity contribution in [2.45, 2.75) is 12.6 Å². The van der Waals surface area contributed by atoms with Gasteiger partial charge in [0.1, 0.15) is 24.0 Å². The molecule has 0 aliphatic rings. The Morgan fingerprint density at radius 1 is 1.08 bits per heavy atom. The van der Waals surface area contributed by atoms with E-state index in [0.717, 1.165) is 16.6 Å². The molecule has 8 nitrogen and oxygen atoms in total. The van der Waals surface area contributed by atoms with Crippen LogP contribution in [0, 0.1) is 0 Å². The molecule has 0 aliphatic carbocycles. The second-order valence-corrected chi connectivity index (χ2v) is 5.49. The zero-order chi connectivity index (χ0) is 17.1. The number of aliphatic hydroxyl groups excluding tert-OH is 1. The third kappa shape index (κ3) is 3.33. The van der Waals surface area contributed by atoms with Crippen molar-refractivity contribution < 1.29 is 14.3 Å². The van der Waals surface area contributed by atoms with Crippen LogP contribution in [0.1, 0.15) is 0 Å². The summed E-state index contributed by atoms with van der Waals surface area (Å²) < 4.78 is 12.4. The first kappa shape index (κ1) is 15.3. The zero-order valence-corrected chi connectivity index (χ0v) is 13.2. The second-order valence-electron chi connectivity index (χ2n) is 5.49. The predicted octanol–water partition coefficient (Wildman–Crippen LogP) is 1.92. The van der Waals surface area contributed by atoms with Gasteiger partial charge in [0.05, 0.1) is 12.1 Å². The monoisotopic (exact) mass is 337 g/mol. The summed E-state index contributed by atoms with van der Waals surface area (Å²) in [7, 11) is 0. The fourth-order valence-electron chi connectivity index (χ4n) is 2.49. The van der Waals surface area contributed by atoms with Crippen molar-refractivity contribution in [3.63, 3.8) is 0 Å². The van der Waals surface area contributed by atoms with Crippen LogP contribution in [0.25, 0.3) is 22.5 Å². The van der Waals surface area contributed by atoms with E-state index in [1.807, 2.05) is 36.4 Å². The van der Waals surface area contributed by atoms with Gasteiger partial charge in [-0.05, 0) is 36.4 Å². The molecule has 2 aromatic heterocycles. The van der Waals surface area contributed by atoms with Crippen molar-refractivity contribution in [2.75, 3.05) is 6.61 Å². The summed E-state index contributed by atoms with van der Waals surface area (Å²) in [6.45, 7) is 0.453. The van der Waals surface area contributed by atoms with E-state index in [1.54, 1.807) is 16.8 Å². The second kappa shape index (κ2) is 6.70. The van der Waals surface area contributed by atoms with E-state index >= 15 is 0 Å². The van der Waals surface area contributed by atoms with Crippen LogP contribution >= 0.6 is 0 Å². The Labute approximate surface area is 142 Å². The van der Waals surface area contributed by atoms with Crippen LogP contribution in [0.2, 0.25) is 0 Å². The molecular formula is C17H15N5O3. The molecule has 0 fully saturated rings. The average molecular weight is 337 g/mol. The maximum atomic E-state index is 10.2. The van der Waals surface area contributed by atoms with Gasteiger partial charge >= 0.3 is 0 Å². The van der Waals surface area contributed by atoms with Gasteiger partial charge in [0.15, 0.2) is 0 Å². The Morgan fingerprint density at radius 3 is 2.72 bits per heavy atom. The SMILES string of the molecule is O[C@@H](COc1ccc(-c2nnco2)cc1)Cn1nnc2ccccc21. The fraction of sp³-hybridized carbons (Fsp3) is 0.176. The molecule has 0 saturated carbocycles. The Balaban J connectivity index is 1.36. The number of fused-ring (bicyclic) bond motifs is 1. The molecule has 1 N–H and O–H groups in total. The number of rotatable bonds is 6. The molecule has 0 unspecified atom stereocenters. The largest absolute Gasteiger partial charge is 0.491 e. The van der Waals surface area contributed by atoms with Crippen LogP contribution in [0.15, 0.2) is 59.3 Å². The van der Waals surface area contributed by atoms with E-state index in [4.69, 9.17) is 9.15 Å². The standard InChI is InChI=1S/C17H15N5O3/c23-13(9-22-16-4-2-1-3-15(16)19-21-22)10-24-14-7-5-12(6-8-14)17-20-18-11-25-17/h1-8,11,13,23H,9-10H2/t13-/m1/s1. The van der Waals surface area contributed by atoms with Crippen LogP contribution in [-0.4, -0.2) is 43.0 Å². The van der Waals surface area contributed by atoms with Crippen molar-refractivity contribution >= 4 is 11.0 Å². The van der Waals surface area contributed by atoms with E-state index in [1.165, 1.54) is 6.39 Å². The minimum absolute atomic E-state index is 0.147. The van der Waals surface area contributed by atoms with Crippen molar-refractivity contribution in [3.8, 4) is 17.2 Å². The smallest absolute Gasteiger partial charge is 0.247 e. The van der Waals surface area contributed by atoms with Gasteiger partial charge in [-0.25, -0.2) is 4.68 Å². The first-order valence-corrected chi connectivity index (χ1v) is 7.75. The third-order valence-electron chi connectivity index (χ3n) is 3.71. The molecule has 25 heavy (non-hydrogen) atoms. The van der Waals surface area contributed by atoms with Crippen molar-refractivity contribution in [1.82, 2.24) is 25.2 Å². The van der Waals surface area contributed by atoms with Gasteiger partial charge in [0.25, 0.3) is 0 Å². The summed E-state index contributed by atoms with van der Waals surface area (Å²) in [6.07, 6.45) is 0.574. The van der Waals surface area contributed by atoms with Gasteiger partial charge in [-0.15, -0.1) is 15.3 Å². The third-order valence-corrected chi connectivity index (χ3v) is 3.71. The number of ether oxygens (including phenoxy) is 1. The number of hydrogen-bond acceptors (Lipinski definition) is 7. The Bertz CT molecular complexity index is 950. The molecule has 0 saturated heterocycles. The van der Waals surface area contributed by atoms with Gasteiger partial charge < -0.3 is 14.3 Å². The highest BCUT2D eigenvalue weighted by Crippen LogP contribution is 2.20. The molecule has 0 spiro atoms. The van der Waals surface area contributed by atoms with Gasteiger partial charge in [-0.3, -0.25) is 0 Å². The fourth-order valence-corrected chi connectivity index (χ4v) is 2.49. The van der Waals surface area contributed by atoms with Crippen LogP contribution < -0.4 is 4.74 Å². The molecule has 8 heteroatoms. The highest BCUT2D eigenvalue weighted by molar-refractivity contribution is 5.73. The van der Waals surface area contributed by atoms with Crippen molar-refractivity contribution in [2.24, 2.45) is 0 Å². The van der Waals surface area contributed by atoms with E-state index in [2.05, 4.69) is 20.5 Å². The van der Waals surface area contributed by atoms with Gasteiger partial charge in [0.2, 0.25) is 12.3 Å². The van der Waals surface area contributed by atoms with Crippen LogP contribution in [0.4, 0.5) is 0 Å². The maximum absolute atomic E-state index is 10.2. The first-order valence-electron chi connectivity index (χ1n) is 7.75. The number of para-hydroxylation sites is 1. The summed E-state index contributed by atoms with van der Waals surface area (Å²) in [5.41, 5.74) is 2.48. The Morgan fingerprint density at radius 2 is 1.92 bits per heavy atom. The predicted molar refractivity (Wildman–Crippen MR) is 88.8 cm³/mol. The summed E-state index contributed by atoms with van der Waals surface area (Å²) in [6, 6.07) is 14.8. The van der Waals surface area contributed by atoms with Crippen molar-refractivity contribution in [1.29, 1.82) is 0 Å². The zero-order valence-electron chi connectivity index (χ0n) is 13.2. The van der Waals surface area contributed by atoms with E-state index in [9.17, 15) is 5.11 Å². The van der Waals surface area contributed by atoms with Crippen LogP contribution in [0.5, 0.6) is 5.75 Å². The normalized spacial score (nSPS) is 12.4. The molecule has 2 aromatic carbocycles. The molecule has 126 valence electrons. The minimum Gasteiger partial charge on any atom is -0.491 e. The number of hydrogen-bond donors (Lipinski definition) is 1. The molecule has 0 amide bonds. The van der Waals surface area contributed by atoms with Gasteiger partial charge in [0, 0.05) is 5.56 Å². The number of nitrogens with zero attached hydrogens (tertiary/aromatic N) is 5. The lowest BCUT2D eigenvalue weighted by atomic mass is 10.2. The molecule has 2 heterocycles. The highest BCUT2D eigenvalue weighted by atomic mass is 16.5. The topological polar surface area (TPSA) is 99.1 Å². The number of aromatic nitrogens is 5. The van der Waals surface area contributed by atoms with Crippen LogP contribution in [0.3, 0.4) is 0 Å². The molecule has 4 aromatic rings. The minimum atomic E-state index is -0.708. The highest BCUT2D eigenvalue weighted by Gasteiger charge is 2.11. The Hall–Kier alpha value is -3.26. The first-order chi connectivity index (χ1) is 12.3. The Kier molecular flexibility index (Phi) is 4.09. The molecule has 0 bridgehead atoms. The lowest BCUT2D eigenvalue weighted by molar-refractivity contribution is 0.0899. The summed E-state index contributed by atoms with van der Waals surface area (Å²) in [5, 5.41) is 25.8. The van der Waals surface area contributed by atoms with Crippen molar-refractivity contribution in [3.05, 3.63) is 54.9 Å². The summed E-state index contributed by atoms with van der Waals surface area (Å²) >= 11 is 0.